The summed E-state index contributed by atoms with van der Waals surface area (Å²) in [4.78, 5) is 0. The molecular weight excluding hydrogens is 268 g/mol. The van der Waals surface area contributed by atoms with E-state index in [0.717, 1.165) is 5.75 Å². The van der Waals surface area contributed by atoms with E-state index >= 15 is 0 Å². The predicted molar refractivity (Wildman–Crippen MR) is 74.5 cm³/mol. The Labute approximate surface area is 104 Å². The first-order chi connectivity index (χ1) is 7.00. The molecule has 1 nitrogen and oxygen atoms in total. The van der Waals surface area contributed by atoms with Crippen molar-refractivity contribution in [1.82, 2.24) is 0 Å². The average Bonchev–Trinajstić information content (AvgIpc) is 2.16. The summed E-state index contributed by atoms with van der Waals surface area (Å²) in [5, 5.41) is 0. The first-order valence-corrected chi connectivity index (χ1v) is 9.01. The Balaban J connectivity index is 0.000000921. The second-order valence-electron chi connectivity index (χ2n) is 3.54. The van der Waals surface area contributed by atoms with Crippen molar-refractivity contribution in [2.45, 2.75) is 40.8 Å². The van der Waals surface area contributed by atoms with Crippen LogP contribution in [0.25, 0.3) is 0 Å². The van der Waals surface area contributed by atoms with Gasteiger partial charge in [-0.2, -0.15) is 0 Å². The second kappa shape index (κ2) is 7.07. The first kappa shape index (κ1) is 14.7. The van der Waals surface area contributed by atoms with E-state index in [1.807, 2.05) is 13.8 Å². The van der Waals surface area contributed by atoms with Crippen molar-refractivity contribution in [3.63, 3.8) is 0 Å². The summed E-state index contributed by atoms with van der Waals surface area (Å²) in [7, 11) is -0.969. The molecule has 0 aliphatic rings. The molecule has 1 aromatic rings. The molecule has 3 heteroatoms. The average molecular weight is 289 g/mol. The molecule has 0 aliphatic carbocycles. The number of halogens is 1. The van der Waals surface area contributed by atoms with Crippen LogP contribution in [0.1, 0.15) is 25.0 Å². The van der Waals surface area contributed by atoms with E-state index in [1.165, 1.54) is 15.6 Å². The molecule has 0 radical (unpaired) electrons. The molecule has 0 bridgehead atoms. The van der Waals surface area contributed by atoms with Crippen LogP contribution in [0.3, 0.4) is 0 Å². The summed E-state index contributed by atoms with van der Waals surface area (Å²) in [5.74, 6) is 1.01. The zero-order valence-electron chi connectivity index (χ0n) is 10.5. The SMILES string of the molecule is CC.Cc1cc(O[SiH](C)C)cc(C)c1Br. The van der Waals surface area contributed by atoms with E-state index < -0.39 is 9.04 Å². The molecular formula is C12H21BrOSi. The lowest BCUT2D eigenvalue weighted by Gasteiger charge is -2.12. The van der Waals surface area contributed by atoms with Gasteiger partial charge in [-0.25, -0.2) is 0 Å². The van der Waals surface area contributed by atoms with Gasteiger partial charge in [0.15, 0.2) is 0 Å². The summed E-state index contributed by atoms with van der Waals surface area (Å²) in [6, 6.07) is 4.17. The molecule has 1 aromatic carbocycles. The van der Waals surface area contributed by atoms with Crippen molar-refractivity contribution in [3.05, 3.63) is 27.7 Å². The molecule has 0 amide bonds. The Morgan fingerprint density at radius 1 is 1.07 bits per heavy atom. The van der Waals surface area contributed by atoms with Gasteiger partial charge in [-0.3, -0.25) is 0 Å². The standard InChI is InChI=1S/C10H15BrOSi.C2H6/c1-7-5-9(12-13(3)4)6-8(2)10(7)11;1-2/h5-6,13H,1-4H3;1-2H3. The van der Waals surface area contributed by atoms with Crippen LogP contribution in [0.15, 0.2) is 16.6 Å². The highest BCUT2D eigenvalue weighted by Gasteiger charge is 2.04. The minimum absolute atomic E-state index is 0.969. The van der Waals surface area contributed by atoms with E-state index in [4.69, 9.17) is 4.43 Å². The maximum Gasteiger partial charge on any atom is 0.229 e. The van der Waals surface area contributed by atoms with Crippen LogP contribution in [0.2, 0.25) is 13.1 Å². The zero-order chi connectivity index (χ0) is 12.0. The van der Waals surface area contributed by atoms with Crippen molar-refractivity contribution in [3.8, 4) is 5.75 Å². The summed E-state index contributed by atoms with van der Waals surface area (Å²) >= 11 is 3.54. The molecule has 0 aliphatic heterocycles. The zero-order valence-corrected chi connectivity index (χ0v) is 13.3. The number of hydrogen-bond acceptors (Lipinski definition) is 1. The van der Waals surface area contributed by atoms with Gasteiger partial charge in [-0.15, -0.1) is 0 Å². The third-order valence-electron chi connectivity index (χ3n) is 1.78. The van der Waals surface area contributed by atoms with Gasteiger partial charge >= 0.3 is 0 Å². The number of rotatable bonds is 2. The lowest BCUT2D eigenvalue weighted by Crippen LogP contribution is -2.11. The van der Waals surface area contributed by atoms with Gasteiger partial charge in [-0.05, 0) is 50.2 Å². The van der Waals surface area contributed by atoms with Gasteiger partial charge < -0.3 is 4.43 Å². The minimum atomic E-state index is -0.969. The maximum atomic E-state index is 5.75. The topological polar surface area (TPSA) is 9.23 Å². The Hall–Kier alpha value is -0.283. The van der Waals surface area contributed by atoms with Gasteiger partial charge in [0.2, 0.25) is 9.04 Å². The highest BCUT2D eigenvalue weighted by Crippen LogP contribution is 2.26. The Bertz CT molecular complexity index is 287. The molecule has 0 unspecified atom stereocenters. The fraction of sp³-hybridized carbons (Fsp3) is 0.500. The number of hydrogen-bond donors (Lipinski definition) is 0. The molecule has 0 atom stereocenters. The maximum absolute atomic E-state index is 5.75. The highest BCUT2D eigenvalue weighted by molar-refractivity contribution is 9.10. The van der Waals surface area contributed by atoms with Crippen molar-refractivity contribution in [1.29, 1.82) is 0 Å². The third kappa shape index (κ3) is 4.84. The minimum Gasteiger partial charge on any atom is -0.547 e. The van der Waals surface area contributed by atoms with Crippen molar-refractivity contribution >= 4 is 25.0 Å². The largest absolute Gasteiger partial charge is 0.547 e. The fourth-order valence-electron chi connectivity index (χ4n) is 1.25. The van der Waals surface area contributed by atoms with Gasteiger partial charge in [0.05, 0.1) is 0 Å². The van der Waals surface area contributed by atoms with Crippen molar-refractivity contribution < 1.29 is 4.43 Å². The van der Waals surface area contributed by atoms with Crippen molar-refractivity contribution in [2.24, 2.45) is 0 Å². The van der Waals surface area contributed by atoms with Crippen LogP contribution >= 0.6 is 15.9 Å². The Morgan fingerprint density at radius 2 is 1.47 bits per heavy atom. The molecule has 0 saturated heterocycles. The van der Waals surface area contributed by atoms with Crippen LogP contribution in [-0.2, 0) is 0 Å². The van der Waals surface area contributed by atoms with E-state index in [9.17, 15) is 0 Å². The van der Waals surface area contributed by atoms with E-state index in [-0.39, 0.29) is 0 Å². The van der Waals surface area contributed by atoms with Crippen LogP contribution in [-0.4, -0.2) is 9.04 Å². The molecule has 1 rings (SSSR count). The summed E-state index contributed by atoms with van der Waals surface area (Å²) in [6.07, 6.45) is 0. The molecule has 15 heavy (non-hydrogen) atoms. The van der Waals surface area contributed by atoms with E-state index in [2.05, 4.69) is 55.0 Å². The lowest BCUT2D eigenvalue weighted by atomic mass is 10.1. The summed E-state index contributed by atoms with van der Waals surface area (Å²) in [5.41, 5.74) is 2.48. The van der Waals surface area contributed by atoms with E-state index in [0.29, 0.717) is 0 Å². The lowest BCUT2D eigenvalue weighted by molar-refractivity contribution is 0.579. The molecule has 0 saturated carbocycles. The quantitative estimate of drug-likeness (QED) is 0.731. The van der Waals surface area contributed by atoms with Crippen LogP contribution in [0.5, 0.6) is 5.75 Å². The fourth-order valence-corrected chi connectivity index (χ4v) is 2.16. The summed E-state index contributed by atoms with van der Waals surface area (Å²) in [6.45, 7) is 12.5. The molecule has 86 valence electrons. The van der Waals surface area contributed by atoms with E-state index in [1.54, 1.807) is 0 Å². The van der Waals surface area contributed by atoms with Gasteiger partial charge in [0.1, 0.15) is 5.75 Å². The number of aryl methyl sites for hydroxylation is 2. The molecule has 0 N–H and O–H groups in total. The third-order valence-corrected chi connectivity index (χ3v) is 3.78. The highest BCUT2D eigenvalue weighted by atomic mass is 79.9. The normalized spacial score (nSPS) is 9.60. The van der Waals surface area contributed by atoms with Gasteiger partial charge in [0.25, 0.3) is 0 Å². The molecule has 0 aromatic heterocycles. The smallest absolute Gasteiger partial charge is 0.229 e. The predicted octanol–water partition coefficient (Wildman–Crippen LogP) is 4.45. The molecule has 0 spiro atoms. The molecule has 0 fully saturated rings. The van der Waals surface area contributed by atoms with Crippen molar-refractivity contribution in [2.75, 3.05) is 0 Å². The molecule has 0 heterocycles. The Kier molecular flexibility index (Phi) is 6.93. The van der Waals surface area contributed by atoms with Gasteiger partial charge in [-0.1, -0.05) is 29.8 Å². The number of benzene rings is 1. The van der Waals surface area contributed by atoms with Crippen LogP contribution < -0.4 is 4.43 Å². The Morgan fingerprint density at radius 3 is 1.80 bits per heavy atom. The monoisotopic (exact) mass is 288 g/mol. The van der Waals surface area contributed by atoms with Gasteiger partial charge in [0, 0.05) is 4.47 Å². The van der Waals surface area contributed by atoms with Crippen LogP contribution in [0.4, 0.5) is 0 Å². The van der Waals surface area contributed by atoms with Crippen LogP contribution in [0, 0.1) is 13.8 Å². The first-order valence-electron chi connectivity index (χ1n) is 5.44. The second-order valence-corrected chi connectivity index (χ2v) is 6.66. The summed E-state index contributed by atoms with van der Waals surface area (Å²) < 4.78 is 6.93.